The highest BCUT2D eigenvalue weighted by atomic mass is 16.3. The third kappa shape index (κ3) is 9.05. The molecule has 1 saturated carbocycles. The summed E-state index contributed by atoms with van der Waals surface area (Å²) in [7, 11) is 2.23. The third-order valence-electron chi connectivity index (χ3n) is 12.6. The van der Waals surface area contributed by atoms with Gasteiger partial charge in [-0.25, -0.2) is 0 Å². The molecule has 1 saturated heterocycles. The van der Waals surface area contributed by atoms with Gasteiger partial charge in [0.15, 0.2) is 0 Å². The molecule has 2 N–H and O–H groups in total. The number of aryl methyl sites for hydroxylation is 1. The monoisotopic (exact) mass is 713 g/mol. The molecule has 2 aromatic rings. The number of rotatable bonds is 12. The predicted octanol–water partition coefficient (Wildman–Crippen LogP) is 8.96. The van der Waals surface area contributed by atoms with Crippen LogP contribution in [0.4, 0.5) is 0 Å². The van der Waals surface area contributed by atoms with Crippen LogP contribution in [-0.4, -0.2) is 94.8 Å². The summed E-state index contributed by atoms with van der Waals surface area (Å²) in [5, 5.41) is 23.2. The van der Waals surface area contributed by atoms with Crippen molar-refractivity contribution in [3.63, 3.8) is 0 Å². The van der Waals surface area contributed by atoms with Gasteiger partial charge in [-0.1, -0.05) is 87.3 Å². The Hall–Kier alpha value is -3.35. The highest BCUT2D eigenvalue weighted by Gasteiger charge is 2.34. The van der Waals surface area contributed by atoms with Crippen molar-refractivity contribution >= 4 is 18.4 Å². The average Bonchev–Trinajstić information content (AvgIpc) is 3.11. The molecule has 2 atom stereocenters. The van der Waals surface area contributed by atoms with E-state index in [1.165, 1.54) is 29.9 Å². The number of hydrogen-bond donors (Lipinski definition) is 2. The fourth-order valence-corrected chi connectivity index (χ4v) is 8.11. The molecule has 0 amide bonds. The van der Waals surface area contributed by atoms with Crippen LogP contribution in [0, 0.1) is 0 Å². The molecule has 2 unspecified atom stereocenters. The standard InChI is InChI=1S/C45H69N5O2/c1-11-44(6,7)36-28-34(41(52)37(29-36)45(8,9)12-2)31-47-39-20-14-13-19-38(39)46-30-33-27-35(43(3,4)5)26-32(40(33)51)18-15-22-49-24-17-25-50-23-16-21-48(10)42(49)50/h26-31,38-39H,11-25H2,1-10H3,(H-,46,47,51,52)/p+1. The molecule has 286 valence electrons. The van der Waals surface area contributed by atoms with E-state index in [2.05, 4.69) is 108 Å². The topological polar surface area (TPSA) is 74.7 Å². The van der Waals surface area contributed by atoms with Gasteiger partial charge in [0, 0.05) is 42.0 Å². The number of benzene rings is 2. The zero-order valence-electron chi connectivity index (χ0n) is 34.4. The molecule has 2 aliphatic heterocycles. The Kier molecular flexibility index (Phi) is 12.5. The number of phenols is 2. The van der Waals surface area contributed by atoms with E-state index >= 15 is 0 Å². The third-order valence-corrected chi connectivity index (χ3v) is 12.6. The number of hydrogen-bond acceptors (Lipinski definition) is 6. The van der Waals surface area contributed by atoms with Crippen LogP contribution in [-0.2, 0) is 22.7 Å². The molecule has 1 aliphatic carbocycles. The minimum atomic E-state index is -0.146. The van der Waals surface area contributed by atoms with Gasteiger partial charge in [0.1, 0.15) is 11.5 Å². The smallest absolute Gasteiger partial charge is 0.350 e. The maximum absolute atomic E-state index is 11.7. The number of nitrogens with zero attached hydrogens (tertiary/aromatic N) is 5. The molecule has 0 bridgehead atoms. The fourth-order valence-electron chi connectivity index (χ4n) is 8.11. The maximum atomic E-state index is 11.7. The summed E-state index contributed by atoms with van der Waals surface area (Å²) in [4.78, 5) is 15.4. The molecule has 0 radical (unpaired) electrons. The van der Waals surface area contributed by atoms with Gasteiger partial charge >= 0.3 is 5.96 Å². The molecule has 3 aliphatic rings. The van der Waals surface area contributed by atoms with Crippen molar-refractivity contribution in [3.8, 4) is 11.5 Å². The van der Waals surface area contributed by atoms with Gasteiger partial charge in [-0.2, -0.15) is 0 Å². The summed E-state index contributed by atoms with van der Waals surface area (Å²) in [6, 6.07) is 8.77. The summed E-state index contributed by atoms with van der Waals surface area (Å²) < 4.78 is 2.43. The number of aromatic hydroxyl groups is 2. The van der Waals surface area contributed by atoms with Gasteiger partial charge in [0.05, 0.1) is 51.9 Å². The Bertz CT molecular complexity index is 1650. The number of guanidine groups is 1. The Morgan fingerprint density at radius 2 is 1.35 bits per heavy atom. The van der Waals surface area contributed by atoms with Gasteiger partial charge < -0.3 is 10.2 Å². The summed E-state index contributed by atoms with van der Waals surface area (Å²) in [5.74, 6) is 2.10. The Morgan fingerprint density at radius 3 is 1.96 bits per heavy atom. The minimum absolute atomic E-state index is 0.00517. The van der Waals surface area contributed by atoms with Gasteiger partial charge in [0.25, 0.3) is 0 Å². The highest BCUT2D eigenvalue weighted by molar-refractivity contribution is 5.86. The van der Waals surface area contributed by atoms with E-state index in [-0.39, 0.29) is 28.3 Å². The molecule has 2 fully saturated rings. The predicted molar refractivity (Wildman–Crippen MR) is 220 cm³/mol. The van der Waals surface area contributed by atoms with Crippen LogP contribution in [0.2, 0.25) is 0 Å². The fraction of sp³-hybridized carbons (Fsp3) is 0.667. The first-order valence-electron chi connectivity index (χ1n) is 20.4. The van der Waals surface area contributed by atoms with Crippen LogP contribution in [0.5, 0.6) is 11.5 Å². The summed E-state index contributed by atoms with van der Waals surface area (Å²) in [6.45, 7) is 25.7. The van der Waals surface area contributed by atoms with E-state index < -0.39 is 0 Å². The largest absolute Gasteiger partial charge is 0.507 e. The van der Waals surface area contributed by atoms with E-state index in [9.17, 15) is 10.2 Å². The molecule has 52 heavy (non-hydrogen) atoms. The summed E-state index contributed by atoms with van der Waals surface area (Å²) in [5.41, 5.74) is 5.88. The molecular formula is C45H70N5O2+. The lowest BCUT2D eigenvalue weighted by molar-refractivity contribution is -0.515. The molecule has 7 nitrogen and oxygen atoms in total. The number of aliphatic imine (C=N–C) groups is 2. The van der Waals surface area contributed by atoms with Crippen LogP contribution in [0.3, 0.4) is 0 Å². The molecule has 0 spiro atoms. The molecule has 2 heterocycles. The normalized spacial score (nSPS) is 20.7. The zero-order valence-corrected chi connectivity index (χ0v) is 34.4. The second-order valence-electron chi connectivity index (χ2n) is 18.2. The first kappa shape index (κ1) is 39.8. The van der Waals surface area contributed by atoms with Crippen LogP contribution in [0.25, 0.3) is 0 Å². The zero-order chi connectivity index (χ0) is 37.8. The van der Waals surface area contributed by atoms with Crippen molar-refractivity contribution in [1.29, 1.82) is 0 Å². The van der Waals surface area contributed by atoms with E-state index in [0.717, 1.165) is 106 Å². The lowest BCUT2D eigenvalue weighted by Gasteiger charge is -2.36. The average molecular weight is 713 g/mol. The second kappa shape index (κ2) is 16.3. The highest BCUT2D eigenvalue weighted by Crippen LogP contribution is 2.40. The molecule has 7 heteroatoms. The summed E-state index contributed by atoms with van der Waals surface area (Å²) in [6.07, 6.45) is 14.2. The van der Waals surface area contributed by atoms with Gasteiger partial charge in [-0.05, 0) is 83.6 Å². The van der Waals surface area contributed by atoms with Crippen LogP contribution in [0.1, 0.15) is 153 Å². The Balaban J connectivity index is 1.38. The van der Waals surface area contributed by atoms with Gasteiger partial charge in [0.2, 0.25) is 0 Å². The summed E-state index contributed by atoms with van der Waals surface area (Å²) >= 11 is 0. The Labute approximate surface area is 316 Å². The lowest BCUT2D eigenvalue weighted by atomic mass is 9.75. The second-order valence-corrected chi connectivity index (χ2v) is 18.2. The Morgan fingerprint density at radius 1 is 0.750 bits per heavy atom. The van der Waals surface area contributed by atoms with Gasteiger partial charge in [-0.3, -0.25) is 24.4 Å². The first-order valence-corrected chi connectivity index (χ1v) is 20.4. The van der Waals surface area contributed by atoms with Crippen LogP contribution in [0.15, 0.2) is 34.3 Å². The van der Waals surface area contributed by atoms with E-state index in [0.29, 0.717) is 11.5 Å². The quantitative estimate of drug-likeness (QED) is 0.170. The van der Waals surface area contributed by atoms with Gasteiger partial charge in [-0.15, -0.1) is 0 Å². The molecule has 5 rings (SSSR count). The minimum Gasteiger partial charge on any atom is -0.507 e. The SMILES string of the molecule is CCC(C)(C)c1cc(C=NC2CCCCC2N=Cc2cc(C(C)(C)C)cc(CCCN3CCCN4CCC[N+](C)=C34)c2O)c(O)c(C(C)(C)CC)c1. The van der Waals surface area contributed by atoms with Crippen molar-refractivity contribution in [2.45, 2.75) is 155 Å². The number of phenolic OH excluding ortho intramolecular Hbond substituents is 2. The van der Waals surface area contributed by atoms with E-state index in [4.69, 9.17) is 9.98 Å². The van der Waals surface area contributed by atoms with Crippen molar-refractivity contribution in [2.24, 2.45) is 9.98 Å². The molecule has 2 aromatic carbocycles. The van der Waals surface area contributed by atoms with Crippen LogP contribution < -0.4 is 0 Å². The molecular weight excluding hydrogens is 643 g/mol. The van der Waals surface area contributed by atoms with Crippen molar-refractivity contribution in [2.75, 3.05) is 39.8 Å². The first-order chi connectivity index (χ1) is 24.6. The molecule has 0 aromatic heterocycles. The van der Waals surface area contributed by atoms with E-state index in [1.54, 1.807) is 0 Å². The van der Waals surface area contributed by atoms with Crippen LogP contribution >= 0.6 is 0 Å². The van der Waals surface area contributed by atoms with Crippen molar-refractivity contribution < 1.29 is 14.8 Å². The van der Waals surface area contributed by atoms with Crippen molar-refractivity contribution in [1.82, 2.24) is 9.80 Å². The maximum Gasteiger partial charge on any atom is 0.350 e. The lowest BCUT2D eigenvalue weighted by Crippen LogP contribution is -2.57. The number of fused-ring (bicyclic) bond motifs is 1. The van der Waals surface area contributed by atoms with E-state index in [1.807, 2.05) is 12.4 Å². The van der Waals surface area contributed by atoms with Crippen molar-refractivity contribution in [3.05, 3.63) is 57.6 Å².